The average Bonchev–Trinajstić information content (AvgIpc) is 2.79. The average molecular weight is 433 g/mol. The maximum absolute atomic E-state index is 12.8. The second kappa shape index (κ2) is 9.63. The molecule has 0 unspecified atom stereocenters. The van der Waals surface area contributed by atoms with Crippen LogP contribution in [-0.4, -0.2) is 85.6 Å². The van der Waals surface area contributed by atoms with Crippen LogP contribution < -0.4 is 4.90 Å². The monoisotopic (exact) mass is 432 g/mol. The van der Waals surface area contributed by atoms with Crippen LogP contribution >= 0.6 is 0 Å². The van der Waals surface area contributed by atoms with Gasteiger partial charge < -0.3 is 9.80 Å². The molecule has 32 heavy (non-hydrogen) atoms. The van der Waals surface area contributed by atoms with Gasteiger partial charge >= 0.3 is 0 Å². The number of piperazine rings is 2. The summed E-state index contributed by atoms with van der Waals surface area (Å²) in [5.41, 5.74) is 5.10. The maximum atomic E-state index is 12.8. The maximum Gasteiger partial charge on any atom is 0.236 e. The van der Waals surface area contributed by atoms with E-state index < -0.39 is 0 Å². The Kier molecular flexibility index (Phi) is 6.47. The number of carbonyl (C=O) groups excluding carboxylic acids is 1. The molecule has 5 heteroatoms. The van der Waals surface area contributed by atoms with Gasteiger partial charge in [-0.25, -0.2) is 0 Å². The summed E-state index contributed by atoms with van der Waals surface area (Å²) in [5.74, 6) is 0.314. The molecule has 1 amide bonds. The van der Waals surface area contributed by atoms with Crippen molar-refractivity contribution in [3.63, 3.8) is 0 Å². The SMILES string of the molecule is Cc1cccc(-c2ccc(N3CCN(CC(=O)N4CCN(C5CCC5)CC4)CC3)cc2)c1. The summed E-state index contributed by atoms with van der Waals surface area (Å²) in [6.45, 7) is 10.5. The first-order chi connectivity index (χ1) is 15.7. The summed E-state index contributed by atoms with van der Waals surface area (Å²) in [7, 11) is 0. The van der Waals surface area contributed by atoms with Gasteiger partial charge in [0.1, 0.15) is 0 Å². The summed E-state index contributed by atoms with van der Waals surface area (Å²) in [5, 5.41) is 0. The molecule has 1 aliphatic carbocycles. The number of hydrogen-bond acceptors (Lipinski definition) is 4. The molecular formula is C27H36N4O. The number of amides is 1. The van der Waals surface area contributed by atoms with E-state index >= 15 is 0 Å². The molecule has 0 atom stereocenters. The van der Waals surface area contributed by atoms with E-state index in [-0.39, 0.29) is 0 Å². The van der Waals surface area contributed by atoms with Crippen molar-refractivity contribution in [2.75, 3.05) is 63.8 Å². The molecule has 0 N–H and O–H groups in total. The summed E-state index contributed by atoms with van der Waals surface area (Å²) in [6.07, 6.45) is 4.09. The van der Waals surface area contributed by atoms with Crippen LogP contribution in [0.25, 0.3) is 11.1 Å². The molecule has 0 radical (unpaired) electrons. The van der Waals surface area contributed by atoms with Gasteiger partial charge in [-0.1, -0.05) is 48.4 Å². The second-order valence-corrected chi connectivity index (χ2v) is 9.68. The third-order valence-corrected chi connectivity index (χ3v) is 7.57. The summed E-state index contributed by atoms with van der Waals surface area (Å²) >= 11 is 0. The molecule has 3 aliphatic rings. The van der Waals surface area contributed by atoms with Crippen LogP contribution in [0.15, 0.2) is 48.5 Å². The quantitative estimate of drug-likeness (QED) is 0.724. The molecule has 2 heterocycles. The lowest BCUT2D eigenvalue weighted by atomic mass is 9.91. The number of nitrogens with zero attached hydrogens (tertiary/aromatic N) is 4. The fourth-order valence-electron chi connectivity index (χ4n) is 5.23. The summed E-state index contributed by atoms with van der Waals surface area (Å²) in [4.78, 5) is 22.3. The Morgan fingerprint density at radius 1 is 0.844 bits per heavy atom. The smallest absolute Gasteiger partial charge is 0.236 e. The molecule has 0 aromatic heterocycles. The van der Waals surface area contributed by atoms with Gasteiger partial charge in [-0.15, -0.1) is 0 Å². The highest BCUT2D eigenvalue weighted by atomic mass is 16.2. The van der Waals surface area contributed by atoms with E-state index in [4.69, 9.17) is 0 Å². The van der Waals surface area contributed by atoms with Gasteiger partial charge in [-0.3, -0.25) is 14.6 Å². The molecule has 2 aromatic rings. The van der Waals surface area contributed by atoms with E-state index in [9.17, 15) is 4.79 Å². The van der Waals surface area contributed by atoms with Crippen molar-refractivity contribution in [2.24, 2.45) is 0 Å². The lowest BCUT2D eigenvalue weighted by molar-refractivity contribution is -0.134. The van der Waals surface area contributed by atoms with Crippen molar-refractivity contribution in [1.29, 1.82) is 0 Å². The molecule has 3 fully saturated rings. The molecule has 0 spiro atoms. The Balaban J connectivity index is 1.08. The number of aryl methyl sites for hydroxylation is 1. The Morgan fingerprint density at radius 2 is 1.56 bits per heavy atom. The normalized spacial score (nSPS) is 20.9. The fraction of sp³-hybridized carbons (Fsp3) is 0.519. The molecule has 0 bridgehead atoms. The zero-order chi connectivity index (χ0) is 21.9. The van der Waals surface area contributed by atoms with Gasteiger partial charge in [0.25, 0.3) is 0 Å². The van der Waals surface area contributed by atoms with Crippen molar-refractivity contribution in [2.45, 2.75) is 32.2 Å². The molecule has 2 aliphatic heterocycles. The molecule has 5 rings (SSSR count). The Labute approximate surface area is 192 Å². The third-order valence-electron chi connectivity index (χ3n) is 7.57. The van der Waals surface area contributed by atoms with Gasteiger partial charge in [0.2, 0.25) is 5.91 Å². The standard InChI is InChI=1S/C27H36N4O/c1-22-4-2-5-24(20-22)23-8-10-26(11-9-23)29-14-12-28(13-15-29)21-27(32)31-18-16-30(17-19-31)25-6-3-7-25/h2,4-5,8-11,20,25H,3,6-7,12-19,21H2,1H3. The topological polar surface area (TPSA) is 30.0 Å². The zero-order valence-corrected chi connectivity index (χ0v) is 19.4. The Morgan fingerprint density at radius 3 is 2.19 bits per heavy atom. The summed E-state index contributed by atoms with van der Waals surface area (Å²) < 4.78 is 0. The van der Waals surface area contributed by atoms with E-state index in [1.165, 1.54) is 41.6 Å². The minimum atomic E-state index is 0.314. The van der Waals surface area contributed by atoms with Crippen LogP contribution in [0.2, 0.25) is 0 Å². The number of hydrogen-bond donors (Lipinski definition) is 0. The molecule has 1 saturated carbocycles. The Bertz CT molecular complexity index is 908. The molecule has 2 aromatic carbocycles. The van der Waals surface area contributed by atoms with Crippen molar-refractivity contribution in [1.82, 2.24) is 14.7 Å². The predicted molar refractivity (Wildman–Crippen MR) is 131 cm³/mol. The lowest BCUT2D eigenvalue weighted by Crippen LogP contribution is -2.56. The highest BCUT2D eigenvalue weighted by Gasteiger charge is 2.30. The largest absolute Gasteiger partial charge is 0.369 e. The van der Waals surface area contributed by atoms with Crippen LogP contribution in [0, 0.1) is 6.92 Å². The van der Waals surface area contributed by atoms with Gasteiger partial charge in [-0.05, 0) is 43.0 Å². The van der Waals surface area contributed by atoms with Gasteiger partial charge in [0.15, 0.2) is 0 Å². The van der Waals surface area contributed by atoms with Gasteiger partial charge in [0.05, 0.1) is 6.54 Å². The fourth-order valence-corrected chi connectivity index (χ4v) is 5.23. The lowest BCUT2D eigenvalue weighted by Gasteiger charge is -2.43. The van der Waals surface area contributed by atoms with Crippen LogP contribution in [0.1, 0.15) is 24.8 Å². The first-order valence-electron chi connectivity index (χ1n) is 12.3. The molecule has 2 saturated heterocycles. The van der Waals surface area contributed by atoms with Crippen molar-refractivity contribution < 1.29 is 4.79 Å². The zero-order valence-electron chi connectivity index (χ0n) is 19.4. The number of anilines is 1. The number of rotatable bonds is 5. The Hall–Kier alpha value is -2.37. The minimum absolute atomic E-state index is 0.314. The predicted octanol–water partition coefficient (Wildman–Crippen LogP) is 3.48. The summed E-state index contributed by atoms with van der Waals surface area (Å²) in [6, 6.07) is 18.4. The van der Waals surface area contributed by atoms with Gasteiger partial charge in [-0.2, -0.15) is 0 Å². The highest BCUT2D eigenvalue weighted by Crippen LogP contribution is 2.26. The number of benzene rings is 2. The first kappa shape index (κ1) is 21.5. The van der Waals surface area contributed by atoms with E-state index in [1.54, 1.807) is 0 Å². The van der Waals surface area contributed by atoms with E-state index in [2.05, 4.69) is 75.1 Å². The van der Waals surface area contributed by atoms with Crippen molar-refractivity contribution in [3.8, 4) is 11.1 Å². The molecular weight excluding hydrogens is 396 g/mol. The van der Waals surface area contributed by atoms with E-state index in [1.807, 2.05) is 0 Å². The second-order valence-electron chi connectivity index (χ2n) is 9.68. The molecule has 170 valence electrons. The van der Waals surface area contributed by atoms with Crippen LogP contribution in [-0.2, 0) is 4.79 Å². The van der Waals surface area contributed by atoms with Crippen molar-refractivity contribution >= 4 is 11.6 Å². The number of carbonyl (C=O) groups is 1. The minimum Gasteiger partial charge on any atom is -0.369 e. The van der Waals surface area contributed by atoms with Crippen molar-refractivity contribution in [3.05, 3.63) is 54.1 Å². The van der Waals surface area contributed by atoms with Gasteiger partial charge in [0, 0.05) is 64.1 Å². The van der Waals surface area contributed by atoms with Crippen LogP contribution in [0.4, 0.5) is 5.69 Å². The molecule has 5 nitrogen and oxygen atoms in total. The van der Waals surface area contributed by atoms with E-state index in [0.29, 0.717) is 12.5 Å². The first-order valence-corrected chi connectivity index (χ1v) is 12.3. The van der Waals surface area contributed by atoms with E-state index in [0.717, 1.165) is 58.4 Å². The van der Waals surface area contributed by atoms with Crippen LogP contribution in [0.3, 0.4) is 0 Å². The van der Waals surface area contributed by atoms with Crippen LogP contribution in [0.5, 0.6) is 0 Å². The highest BCUT2D eigenvalue weighted by molar-refractivity contribution is 5.78. The third kappa shape index (κ3) is 4.84.